The Morgan fingerprint density at radius 1 is 1.07 bits per heavy atom. The van der Waals surface area contributed by atoms with E-state index in [-0.39, 0.29) is 34.5 Å². The van der Waals surface area contributed by atoms with Gasteiger partial charge in [-0.25, -0.2) is 0 Å². The summed E-state index contributed by atoms with van der Waals surface area (Å²) in [6.45, 7) is 8.75. The molecule has 4 fully saturated rings. The van der Waals surface area contributed by atoms with E-state index in [4.69, 9.17) is 9.47 Å². The average Bonchev–Trinajstić information content (AvgIpc) is 3.21. The molecule has 166 valence electrons. The Morgan fingerprint density at radius 2 is 1.87 bits per heavy atom. The Labute approximate surface area is 181 Å². The van der Waals surface area contributed by atoms with Crippen LogP contribution in [0.2, 0.25) is 0 Å². The zero-order valence-corrected chi connectivity index (χ0v) is 19.2. The van der Waals surface area contributed by atoms with Crippen molar-refractivity contribution in [2.75, 3.05) is 0 Å². The molecule has 0 spiro atoms. The summed E-state index contributed by atoms with van der Waals surface area (Å²) in [6.07, 6.45) is 13.3. The third-order valence-electron chi connectivity index (χ3n) is 10.3. The van der Waals surface area contributed by atoms with Crippen LogP contribution in [0.4, 0.5) is 0 Å². The zero-order chi connectivity index (χ0) is 21.3. The number of hydrogen-bond donors (Lipinski definition) is 0. The fourth-order valence-corrected chi connectivity index (χ4v) is 8.92. The van der Waals surface area contributed by atoms with Gasteiger partial charge in [-0.05, 0) is 86.9 Å². The fourth-order valence-electron chi connectivity index (χ4n) is 8.92. The standard InChI is InChI=1S/C26H38O4/c1-16(27)29-18-9-12-24(2)17(15-18)5-6-19-20-7-8-22(25(20,3)13-10-21(19)24)26(4)14-11-23(28)30-26/h5,18-22H,6-15H2,1-4H3/t18-,19-,20+,21-,22-,24+,25+,26-/m1/s1. The highest BCUT2D eigenvalue weighted by Crippen LogP contribution is 2.68. The molecule has 5 aliphatic rings. The summed E-state index contributed by atoms with van der Waals surface area (Å²) in [5, 5.41) is 0. The summed E-state index contributed by atoms with van der Waals surface area (Å²) in [6, 6.07) is 0. The van der Waals surface area contributed by atoms with E-state index in [9.17, 15) is 9.59 Å². The van der Waals surface area contributed by atoms with Gasteiger partial charge in [0.25, 0.3) is 0 Å². The predicted molar refractivity (Wildman–Crippen MR) is 114 cm³/mol. The van der Waals surface area contributed by atoms with Gasteiger partial charge in [0.05, 0.1) is 0 Å². The van der Waals surface area contributed by atoms with Crippen LogP contribution in [0.5, 0.6) is 0 Å². The Kier molecular flexibility index (Phi) is 4.69. The van der Waals surface area contributed by atoms with Crippen LogP contribution >= 0.6 is 0 Å². The summed E-state index contributed by atoms with van der Waals surface area (Å²) in [5.74, 6) is 2.57. The van der Waals surface area contributed by atoms with Crippen LogP contribution in [0.1, 0.15) is 91.9 Å². The molecule has 8 atom stereocenters. The van der Waals surface area contributed by atoms with E-state index in [1.807, 2.05) is 0 Å². The second kappa shape index (κ2) is 6.84. The van der Waals surface area contributed by atoms with Gasteiger partial charge < -0.3 is 9.47 Å². The lowest BCUT2D eigenvalue weighted by Crippen LogP contribution is -2.53. The van der Waals surface area contributed by atoms with Crippen LogP contribution in [-0.2, 0) is 19.1 Å². The van der Waals surface area contributed by atoms with Crippen LogP contribution in [0.15, 0.2) is 11.6 Å². The first kappa shape index (κ1) is 20.6. The lowest BCUT2D eigenvalue weighted by atomic mass is 9.46. The number of fused-ring (bicyclic) bond motifs is 5. The second-order valence-corrected chi connectivity index (χ2v) is 11.7. The van der Waals surface area contributed by atoms with Crippen molar-refractivity contribution in [2.24, 2.45) is 34.5 Å². The summed E-state index contributed by atoms with van der Waals surface area (Å²) in [5.41, 5.74) is 1.85. The van der Waals surface area contributed by atoms with Crippen LogP contribution in [-0.4, -0.2) is 23.6 Å². The molecule has 1 aliphatic heterocycles. The van der Waals surface area contributed by atoms with Crippen molar-refractivity contribution in [3.05, 3.63) is 11.6 Å². The molecule has 0 bridgehead atoms. The number of allylic oxidation sites excluding steroid dienone is 1. The monoisotopic (exact) mass is 414 g/mol. The molecule has 0 amide bonds. The molecule has 4 heteroatoms. The van der Waals surface area contributed by atoms with Crippen LogP contribution in [0.3, 0.4) is 0 Å². The first-order chi connectivity index (χ1) is 14.2. The Hall–Kier alpha value is -1.32. The van der Waals surface area contributed by atoms with Crippen molar-refractivity contribution < 1.29 is 19.1 Å². The molecule has 4 nitrogen and oxygen atoms in total. The highest BCUT2D eigenvalue weighted by Gasteiger charge is 2.63. The number of cyclic esters (lactones) is 1. The van der Waals surface area contributed by atoms with E-state index in [0.717, 1.165) is 43.4 Å². The normalized spacial score (nSPS) is 50.1. The van der Waals surface area contributed by atoms with Gasteiger partial charge in [0.15, 0.2) is 0 Å². The van der Waals surface area contributed by atoms with E-state index in [1.165, 1.54) is 39.0 Å². The quantitative estimate of drug-likeness (QED) is 0.436. The molecule has 0 unspecified atom stereocenters. The van der Waals surface area contributed by atoms with Gasteiger partial charge in [-0.3, -0.25) is 9.59 Å². The summed E-state index contributed by atoms with van der Waals surface area (Å²) in [4.78, 5) is 23.4. The van der Waals surface area contributed by atoms with Crippen LogP contribution < -0.4 is 0 Å². The molecule has 0 aromatic rings. The first-order valence-electron chi connectivity index (χ1n) is 12.2. The number of carbonyl (C=O) groups excluding carboxylic acids is 2. The molecular formula is C26H38O4. The Balaban J connectivity index is 1.39. The Bertz CT molecular complexity index is 786. The second-order valence-electron chi connectivity index (χ2n) is 11.7. The number of hydrogen-bond acceptors (Lipinski definition) is 4. The van der Waals surface area contributed by atoms with E-state index in [2.05, 4.69) is 26.8 Å². The molecule has 0 N–H and O–H groups in total. The number of carbonyl (C=O) groups is 2. The van der Waals surface area contributed by atoms with Gasteiger partial charge in [0.1, 0.15) is 11.7 Å². The molecular weight excluding hydrogens is 376 g/mol. The summed E-state index contributed by atoms with van der Waals surface area (Å²) < 4.78 is 11.5. The van der Waals surface area contributed by atoms with Crippen LogP contribution in [0.25, 0.3) is 0 Å². The first-order valence-corrected chi connectivity index (χ1v) is 12.2. The van der Waals surface area contributed by atoms with Gasteiger partial charge in [0.2, 0.25) is 0 Å². The minimum atomic E-state index is -0.255. The molecule has 4 aliphatic carbocycles. The number of esters is 2. The Morgan fingerprint density at radius 3 is 2.57 bits per heavy atom. The van der Waals surface area contributed by atoms with Gasteiger partial charge in [-0.2, -0.15) is 0 Å². The largest absolute Gasteiger partial charge is 0.462 e. The molecule has 1 saturated heterocycles. The molecule has 0 aromatic carbocycles. The third-order valence-corrected chi connectivity index (χ3v) is 10.3. The SMILES string of the molecule is CC(=O)O[C@@H]1CC[C@@]2(C)C(=CC[C@H]3[C@H]2CC[C@]2(C)[C@H]([C@@]4(C)CCC(=O)O4)CC[C@@H]32)C1. The van der Waals surface area contributed by atoms with Crippen molar-refractivity contribution in [2.45, 2.75) is 104 Å². The molecule has 0 radical (unpaired) electrons. The van der Waals surface area contributed by atoms with Crippen molar-refractivity contribution >= 4 is 11.9 Å². The lowest BCUT2D eigenvalue weighted by Gasteiger charge is -2.59. The van der Waals surface area contributed by atoms with E-state index in [0.29, 0.717) is 12.3 Å². The van der Waals surface area contributed by atoms with Gasteiger partial charge in [-0.15, -0.1) is 0 Å². The highest BCUT2D eigenvalue weighted by atomic mass is 16.6. The maximum absolute atomic E-state index is 11.9. The molecule has 30 heavy (non-hydrogen) atoms. The summed E-state index contributed by atoms with van der Waals surface area (Å²) >= 11 is 0. The van der Waals surface area contributed by atoms with Gasteiger partial charge >= 0.3 is 11.9 Å². The van der Waals surface area contributed by atoms with Crippen molar-refractivity contribution in [3.8, 4) is 0 Å². The average molecular weight is 415 g/mol. The van der Waals surface area contributed by atoms with E-state index < -0.39 is 0 Å². The van der Waals surface area contributed by atoms with Crippen molar-refractivity contribution in [3.63, 3.8) is 0 Å². The van der Waals surface area contributed by atoms with E-state index in [1.54, 1.807) is 5.57 Å². The van der Waals surface area contributed by atoms with Crippen molar-refractivity contribution in [1.29, 1.82) is 0 Å². The molecule has 5 rings (SSSR count). The minimum absolute atomic E-state index is 0.000489. The molecule has 1 heterocycles. The highest BCUT2D eigenvalue weighted by molar-refractivity contribution is 5.72. The smallest absolute Gasteiger partial charge is 0.306 e. The van der Waals surface area contributed by atoms with Gasteiger partial charge in [-0.1, -0.05) is 25.5 Å². The van der Waals surface area contributed by atoms with Crippen LogP contribution in [0, 0.1) is 34.5 Å². The summed E-state index contributed by atoms with van der Waals surface area (Å²) in [7, 11) is 0. The fraction of sp³-hybridized carbons (Fsp3) is 0.846. The van der Waals surface area contributed by atoms with Crippen molar-refractivity contribution in [1.82, 2.24) is 0 Å². The molecule has 3 saturated carbocycles. The zero-order valence-electron chi connectivity index (χ0n) is 19.2. The maximum atomic E-state index is 11.9. The molecule has 0 aromatic heterocycles. The number of ether oxygens (including phenoxy) is 2. The predicted octanol–water partition coefficient (Wildman–Crippen LogP) is 5.59. The third kappa shape index (κ3) is 2.92. The number of rotatable bonds is 2. The van der Waals surface area contributed by atoms with E-state index >= 15 is 0 Å². The maximum Gasteiger partial charge on any atom is 0.306 e. The lowest BCUT2D eigenvalue weighted by molar-refractivity contribution is -0.159. The minimum Gasteiger partial charge on any atom is -0.462 e. The van der Waals surface area contributed by atoms with Gasteiger partial charge in [0, 0.05) is 25.7 Å². The topological polar surface area (TPSA) is 52.6 Å².